The van der Waals surface area contributed by atoms with E-state index in [4.69, 9.17) is 5.11 Å². The van der Waals surface area contributed by atoms with Gasteiger partial charge in [0.15, 0.2) is 0 Å². The molecule has 4 amide bonds. The van der Waals surface area contributed by atoms with Gasteiger partial charge in [0.2, 0.25) is 5.95 Å². The Hall–Kier alpha value is -4.09. The quantitative estimate of drug-likeness (QED) is 0.570. The van der Waals surface area contributed by atoms with Crippen LogP contribution in [0.25, 0.3) is 10.8 Å². The predicted octanol–water partition coefficient (Wildman–Crippen LogP) is -0.0817. The van der Waals surface area contributed by atoms with Crippen molar-refractivity contribution in [2.45, 2.75) is 0 Å². The SMILES string of the molecule is O=C1c2ccc3c4c(ccc(c24)C(=O)N1NCCO)C(=O)N(c1ncncn1)C3=O. The van der Waals surface area contributed by atoms with E-state index in [0.717, 1.165) is 9.91 Å². The zero-order chi connectivity index (χ0) is 21.0. The number of carbonyl (C=O) groups excluding carboxylic acids is 4. The fraction of sp³-hybridized carbons (Fsp3) is 0.105. The fourth-order valence-corrected chi connectivity index (χ4v) is 3.71. The van der Waals surface area contributed by atoms with Crippen LogP contribution in [0.15, 0.2) is 36.9 Å². The molecule has 2 aromatic carbocycles. The molecule has 0 spiro atoms. The molecule has 0 unspecified atom stereocenters. The Balaban J connectivity index is 1.73. The summed E-state index contributed by atoms with van der Waals surface area (Å²) in [6.07, 6.45) is 2.34. The lowest BCUT2D eigenvalue weighted by Crippen LogP contribution is -2.50. The number of imide groups is 2. The second-order valence-electron chi connectivity index (χ2n) is 6.53. The van der Waals surface area contributed by atoms with Crippen molar-refractivity contribution in [1.29, 1.82) is 0 Å². The number of nitrogens with zero attached hydrogens (tertiary/aromatic N) is 5. The summed E-state index contributed by atoms with van der Waals surface area (Å²) < 4.78 is 0. The Bertz CT molecular complexity index is 1200. The molecule has 30 heavy (non-hydrogen) atoms. The molecule has 3 aromatic rings. The summed E-state index contributed by atoms with van der Waals surface area (Å²) in [5.74, 6) is -2.72. The van der Waals surface area contributed by atoms with Gasteiger partial charge >= 0.3 is 0 Å². The predicted molar refractivity (Wildman–Crippen MR) is 101 cm³/mol. The molecule has 0 atom stereocenters. The maximum atomic E-state index is 13.1. The number of amides is 4. The number of rotatable bonds is 4. The van der Waals surface area contributed by atoms with Gasteiger partial charge in [-0.3, -0.25) is 19.2 Å². The third-order valence-electron chi connectivity index (χ3n) is 4.96. The van der Waals surface area contributed by atoms with Crippen molar-refractivity contribution in [2.24, 2.45) is 0 Å². The molecule has 11 nitrogen and oxygen atoms in total. The zero-order valence-corrected chi connectivity index (χ0v) is 15.2. The minimum atomic E-state index is -0.664. The summed E-state index contributed by atoms with van der Waals surface area (Å²) in [6.45, 7) is -0.267. The summed E-state index contributed by atoms with van der Waals surface area (Å²) >= 11 is 0. The average Bonchev–Trinajstić information content (AvgIpc) is 2.77. The highest BCUT2D eigenvalue weighted by Crippen LogP contribution is 2.38. The van der Waals surface area contributed by atoms with Crippen LogP contribution < -0.4 is 10.3 Å². The van der Waals surface area contributed by atoms with E-state index in [1.54, 1.807) is 0 Å². The summed E-state index contributed by atoms with van der Waals surface area (Å²) in [7, 11) is 0. The maximum Gasteiger partial charge on any atom is 0.275 e. The topological polar surface area (TPSA) is 146 Å². The molecule has 148 valence electrons. The smallest absolute Gasteiger partial charge is 0.275 e. The number of aromatic nitrogens is 3. The van der Waals surface area contributed by atoms with Crippen LogP contribution >= 0.6 is 0 Å². The van der Waals surface area contributed by atoms with Gasteiger partial charge in [-0.2, -0.15) is 0 Å². The lowest BCUT2D eigenvalue weighted by Gasteiger charge is -2.31. The van der Waals surface area contributed by atoms with Crippen LogP contribution in [0.5, 0.6) is 0 Å². The molecule has 0 fully saturated rings. The first-order chi connectivity index (χ1) is 14.5. The summed E-state index contributed by atoms with van der Waals surface area (Å²) in [6, 6.07) is 5.75. The lowest BCUT2D eigenvalue weighted by atomic mass is 9.86. The Morgan fingerprint density at radius 1 is 0.767 bits per heavy atom. The van der Waals surface area contributed by atoms with Crippen LogP contribution in [0.4, 0.5) is 5.95 Å². The zero-order valence-electron chi connectivity index (χ0n) is 15.2. The molecule has 11 heteroatoms. The lowest BCUT2D eigenvalue weighted by molar-refractivity contribution is 0.0508. The van der Waals surface area contributed by atoms with Crippen LogP contribution in [-0.4, -0.2) is 61.8 Å². The molecular formula is C19H12N6O5. The summed E-state index contributed by atoms with van der Waals surface area (Å²) in [4.78, 5) is 64.2. The molecule has 1 aromatic heterocycles. The van der Waals surface area contributed by atoms with Gasteiger partial charge in [-0.05, 0) is 24.3 Å². The van der Waals surface area contributed by atoms with Gasteiger partial charge in [0.25, 0.3) is 23.6 Å². The van der Waals surface area contributed by atoms with Crippen LogP contribution in [0, 0.1) is 0 Å². The third-order valence-corrected chi connectivity index (χ3v) is 4.96. The van der Waals surface area contributed by atoms with Gasteiger partial charge in [-0.15, -0.1) is 0 Å². The number of hydrazine groups is 1. The minimum Gasteiger partial charge on any atom is -0.395 e. The summed E-state index contributed by atoms with van der Waals surface area (Å²) in [5.41, 5.74) is 3.23. The minimum absolute atomic E-state index is 0.00396. The number of nitrogens with one attached hydrogen (secondary N) is 1. The van der Waals surface area contributed by atoms with E-state index >= 15 is 0 Å². The average molecular weight is 404 g/mol. The van der Waals surface area contributed by atoms with Gasteiger partial charge in [-0.25, -0.2) is 30.3 Å². The maximum absolute atomic E-state index is 13.1. The van der Waals surface area contributed by atoms with E-state index in [9.17, 15) is 19.2 Å². The van der Waals surface area contributed by atoms with E-state index in [-0.39, 0.29) is 52.1 Å². The Labute approximate surface area is 167 Å². The normalized spacial score (nSPS) is 15.4. The van der Waals surface area contributed by atoms with Crippen molar-refractivity contribution in [3.05, 3.63) is 59.2 Å². The molecule has 2 aliphatic heterocycles. The molecule has 0 aliphatic carbocycles. The number of benzene rings is 2. The monoisotopic (exact) mass is 404 g/mol. The number of aliphatic hydroxyl groups is 1. The molecular weight excluding hydrogens is 392 g/mol. The Morgan fingerprint density at radius 3 is 1.70 bits per heavy atom. The Kier molecular flexibility index (Phi) is 3.88. The van der Waals surface area contributed by atoms with E-state index < -0.39 is 23.6 Å². The van der Waals surface area contributed by atoms with Gasteiger partial charge < -0.3 is 5.11 Å². The largest absolute Gasteiger partial charge is 0.395 e. The molecule has 2 aliphatic rings. The number of hydrogen-bond acceptors (Lipinski definition) is 9. The van der Waals surface area contributed by atoms with Crippen molar-refractivity contribution in [3.63, 3.8) is 0 Å². The number of carbonyl (C=O) groups is 4. The Morgan fingerprint density at radius 2 is 1.23 bits per heavy atom. The highest BCUT2D eigenvalue weighted by atomic mass is 16.3. The fourth-order valence-electron chi connectivity index (χ4n) is 3.71. The van der Waals surface area contributed by atoms with E-state index in [0.29, 0.717) is 0 Å². The molecule has 2 N–H and O–H groups in total. The van der Waals surface area contributed by atoms with Crippen molar-refractivity contribution < 1.29 is 24.3 Å². The standard InChI is InChI=1S/C19H12N6O5/c26-6-5-23-25-17(29)11-3-1-9-13-10(2-4-12(14(11)13)18(25)30)16(28)24(15(9)27)19-21-7-20-8-22-19/h1-4,7-8,23,26H,5-6H2. The van der Waals surface area contributed by atoms with Crippen LogP contribution in [0.2, 0.25) is 0 Å². The first-order valence-electron chi connectivity index (χ1n) is 8.88. The molecule has 0 bridgehead atoms. The molecule has 0 radical (unpaired) electrons. The highest BCUT2D eigenvalue weighted by molar-refractivity contribution is 6.38. The highest BCUT2D eigenvalue weighted by Gasteiger charge is 2.40. The second kappa shape index (κ2) is 6.47. The van der Waals surface area contributed by atoms with E-state index in [1.165, 1.54) is 36.9 Å². The third kappa shape index (κ3) is 2.30. The van der Waals surface area contributed by atoms with Crippen molar-refractivity contribution in [1.82, 2.24) is 25.4 Å². The molecule has 5 rings (SSSR count). The molecule has 0 saturated heterocycles. The van der Waals surface area contributed by atoms with Gasteiger partial charge in [0.1, 0.15) is 12.7 Å². The van der Waals surface area contributed by atoms with Gasteiger partial charge in [0, 0.05) is 28.4 Å². The molecule has 0 saturated carbocycles. The number of aliphatic hydroxyl groups excluding tert-OH is 1. The van der Waals surface area contributed by atoms with Gasteiger partial charge in [-0.1, -0.05) is 0 Å². The van der Waals surface area contributed by atoms with E-state index in [1.807, 2.05) is 0 Å². The van der Waals surface area contributed by atoms with Crippen LogP contribution in [0.1, 0.15) is 41.4 Å². The van der Waals surface area contributed by atoms with Gasteiger partial charge in [0.05, 0.1) is 17.7 Å². The molecule has 3 heterocycles. The van der Waals surface area contributed by atoms with Crippen molar-refractivity contribution >= 4 is 40.3 Å². The number of hydrogen-bond donors (Lipinski definition) is 2. The van der Waals surface area contributed by atoms with Crippen molar-refractivity contribution in [2.75, 3.05) is 18.1 Å². The first-order valence-corrected chi connectivity index (χ1v) is 8.88. The number of anilines is 1. The van der Waals surface area contributed by atoms with Crippen LogP contribution in [-0.2, 0) is 0 Å². The first kappa shape index (κ1) is 18.0. The van der Waals surface area contributed by atoms with E-state index in [2.05, 4.69) is 20.4 Å². The second-order valence-corrected chi connectivity index (χ2v) is 6.53. The van der Waals surface area contributed by atoms with Crippen LogP contribution in [0.3, 0.4) is 0 Å². The van der Waals surface area contributed by atoms with Crippen molar-refractivity contribution in [3.8, 4) is 0 Å². The summed E-state index contributed by atoms with van der Waals surface area (Å²) in [5, 5.41) is 10.3.